The van der Waals surface area contributed by atoms with Gasteiger partial charge in [0.25, 0.3) is 0 Å². The molecule has 0 spiro atoms. The molecule has 0 bridgehead atoms. The highest BCUT2D eigenvalue weighted by atomic mass is 35.5. The average Bonchev–Trinajstić information content (AvgIpc) is 2.49. The van der Waals surface area contributed by atoms with Gasteiger partial charge in [-0.25, -0.2) is 0 Å². The summed E-state index contributed by atoms with van der Waals surface area (Å²) >= 11 is 5.79. The zero-order chi connectivity index (χ0) is 15.2. The van der Waals surface area contributed by atoms with Crippen molar-refractivity contribution in [3.63, 3.8) is 0 Å². The first-order chi connectivity index (χ1) is 10.1. The van der Waals surface area contributed by atoms with Crippen LogP contribution in [-0.2, 0) is 11.2 Å². The van der Waals surface area contributed by atoms with Gasteiger partial charge in [-0.3, -0.25) is 9.59 Å². The highest BCUT2D eigenvalue weighted by Gasteiger charge is 2.06. The normalized spacial score (nSPS) is 10.2. The van der Waals surface area contributed by atoms with Crippen molar-refractivity contribution < 1.29 is 9.59 Å². The second-order valence-electron chi connectivity index (χ2n) is 4.56. The Morgan fingerprint density at radius 2 is 1.62 bits per heavy atom. The minimum atomic E-state index is -0.131. The first-order valence-electron chi connectivity index (χ1n) is 6.46. The number of hydrogen-bond donors (Lipinski definition) is 2. The summed E-state index contributed by atoms with van der Waals surface area (Å²) in [5.74, 6) is -0.260. The van der Waals surface area contributed by atoms with Crippen molar-refractivity contribution in [3.05, 3.63) is 64.7 Å². The predicted octanol–water partition coefficient (Wildman–Crippen LogP) is 2.66. The molecule has 0 radical (unpaired) electrons. The van der Waals surface area contributed by atoms with Crippen LogP contribution in [0.15, 0.2) is 48.5 Å². The van der Waals surface area contributed by atoms with Crippen LogP contribution in [0, 0.1) is 0 Å². The third-order valence-electron chi connectivity index (χ3n) is 2.95. The maximum atomic E-state index is 11.9. The monoisotopic (exact) mass is 302 g/mol. The van der Waals surface area contributed by atoms with E-state index in [-0.39, 0.29) is 24.7 Å². The smallest absolute Gasteiger partial charge is 0.228 e. The molecule has 5 heteroatoms. The topological polar surface area (TPSA) is 72.2 Å². The van der Waals surface area contributed by atoms with E-state index in [0.717, 1.165) is 5.56 Å². The van der Waals surface area contributed by atoms with Crippen LogP contribution in [0.4, 0.5) is 5.69 Å². The molecule has 1 amide bonds. The quantitative estimate of drug-likeness (QED) is 0.834. The Bertz CT molecular complexity index is 636. The Balaban J connectivity index is 1.96. The SMILES string of the molecule is NCC(=O)c1ccc(NC(=O)Cc2ccc(Cl)cc2)cc1. The number of carbonyl (C=O) groups excluding carboxylic acids is 2. The number of hydrogen-bond acceptors (Lipinski definition) is 3. The highest BCUT2D eigenvalue weighted by molar-refractivity contribution is 6.30. The minimum absolute atomic E-state index is 0.0255. The minimum Gasteiger partial charge on any atom is -0.326 e. The molecule has 0 saturated heterocycles. The second-order valence-corrected chi connectivity index (χ2v) is 4.99. The van der Waals surface area contributed by atoms with Gasteiger partial charge in [-0.1, -0.05) is 23.7 Å². The number of nitrogens with one attached hydrogen (secondary N) is 1. The number of amides is 1. The molecule has 0 aliphatic heterocycles. The van der Waals surface area contributed by atoms with Gasteiger partial charge >= 0.3 is 0 Å². The molecule has 0 unspecified atom stereocenters. The van der Waals surface area contributed by atoms with Gasteiger partial charge < -0.3 is 11.1 Å². The summed E-state index contributed by atoms with van der Waals surface area (Å²) in [5.41, 5.74) is 7.35. The summed E-state index contributed by atoms with van der Waals surface area (Å²) in [7, 11) is 0. The maximum absolute atomic E-state index is 11.9. The van der Waals surface area contributed by atoms with Gasteiger partial charge in [0.2, 0.25) is 5.91 Å². The lowest BCUT2D eigenvalue weighted by atomic mass is 10.1. The number of halogens is 1. The number of carbonyl (C=O) groups is 2. The van der Waals surface area contributed by atoms with E-state index in [4.69, 9.17) is 17.3 Å². The first-order valence-corrected chi connectivity index (χ1v) is 6.84. The largest absolute Gasteiger partial charge is 0.326 e. The van der Waals surface area contributed by atoms with Gasteiger partial charge in [0.05, 0.1) is 13.0 Å². The van der Waals surface area contributed by atoms with Crippen LogP contribution in [0.3, 0.4) is 0 Å². The van der Waals surface area contributed by atoms with E-state index in [1.54, 1.807) is 36.4 Å². The van der Waals surface area contributed by atoms with Crippen LogP contribution in [-0.4, -0.2) is 18.2 Å². The molecule has 0 aliphatic carbocycles. The van der Waals surface area contributed by atoms with Crippen molar-refractivity contribution in [1.82, 2.24) is 0 Å². The third-order valence-corrected chi connectivity index (χ3v) is 3.21. The standard InChI is InChI=1S/C16H15ClN2O2/c17-13-5-1-11(2-6-13)9-16(21)19-14-7-3-12(4-8-14)15(20)10-18/h1-8H,9-10,18H2,(H,19,21). The van der Waals surface area contributed by atoms with Crippen molar-refractivity contribution in [2.24, 2.45) is 5.73 Å². The van der Waals surface area contributed by atoms with Crippen LogP contribution in [0.25, 0.3) is 0 Å². The van der Waals surface area contributed by atoms with E-state index >= 15 is 0 Å². The van der Waals surface area contributed by atoms with Crippen molar-refractivity contribution in [3.8, 4) is 0 Å². The molecule has 108 valence electrons. The van der Waals surface area contributed by atoms with Gasteiger partial charge in [0.15, 0.2) is 5.78 Å². The lowest BCUT2D eigenvalue weighted by Gasteiger charge is -2.06. The van der Waals surface area contributed by atoms with E-state index in [1.807, 2.05) is 12.1 Å². The molecule has 4 nitrogen and oxygen atoms in total. The number of benzene rings is 2. The summed E-state index contributed by atoms with van der Waals surface area (Å²) in [5, 5.41) is 3.41. The molecule has 21 heavy (non-hydrogen) atoms. The van der Waals surface area contributed by atoms with E-state index < -0.39 is 0 Å². The fraction of sp³-hybridized carbons (Fsp3) is 0.125. The van der Waals surface area contributed by atoms with Gasteiger partial charge in [-0.15, -0.1) is 0 Å². The van der Waals surface area contributed by atoms with Crippen LogP contribution in [0.5, 0.6) is 0 Å². The Hall–Kier alpha value is -2.17. The Morgan fingerprint density at radius 3 is 2.19 bits per heavy atom. The zero-order valence-electron chi connectivity index (χ0n) is 11.3. The number of Topliss-reactive ketones (excluding diaryl/α,β-unsaturated/α-hetero) is 1. The highest BCUT2D eigenvalue weighted by Crippen LogP contribution is 2.13. The van der Waals surface area contributed by atoms with Crippen LogP contribution in [0.1, 0.15) is 15.9 Å². The molecule has 0 atom stereocenters. The van der Waals surface area contributed by atoms with Gasteiger partial charge in [0.1, 0.15) is 0 Å². The first kappa shape index (κ1) is 15.2. The molecule has 3 N–H and O–H groups in total. The van der Waals surface area contributed by atoms with E-state index in [9.17, 15) is 9.59 Å². The van der Waals surface area contributed by atoms with E-state index in [2.05, 4.69) is 5.32 Å². The summed E-state index contributed by atoms with van der Waals surface area (Å²) < 4.78 is 0. The summed E-state index contributed by atoms with van der Waals surface area (Å²) in [6.45, 7) is -0.0255. The lowest BCUT2D eigenvalue weighted by molar-refractivity contribution is -0.115. The number of anilines is 1. The van der Waals surface area contributed by atoms with Crippen molar-refractivity contribution in [2.45, 2.75) is 6.42 Å². The Morgan fingerprint density at radius 1 is 1.00 bits per heavy atom. The fourth-order valence-corrected chi connectivity index (χ4v) is 1.98. The van der Waals surface area contributed by atoms with Gasteiger partial charge in [-0.05, 0) is 42.0 Å². The molecule has 0 saturated carbocycles. The predicted molar refractivity (Wildman–Crippen MR) is 83.6 cm³/mol. The second kappa shape index (κ2) is 7.02. The van der Waals surface area contributed by atoms with Gasteiger partial charge in [0, 0.05) is 16.3 Å². The van der Waals surface area contributed by atoms with Crippen LogP contribution >= 0.6 is 11.6 Å². The maximum Gasteiger partial charge on any atom is 0.228 e. The van der Waals surface area contributed by atoms with E-state index in [0.29, 0.717) is 16.3 Å². The summed E-state index contributed by atoms with van der Waals surface area (Å²) in [4.78, 5) is 23.3. The number of ketones is 1. The molecular formula is C16H15ClN2O2. The zero-order valence-corrected chi connectivity index (χ0v) is 12.1. The molecule has 0 aromatic heterocycles. The Kier molecular flexibility index (Phi) is 5.09. The van der Waals surface area contributed by atoms with Gasteiger partial charge in [-0.2, -0.15) is 0 Å². The van der Waals surface area contributed by atoms with Crippen molar-refractivity contribution >= 4 is 29.0 Å². The van der Waals surface area contributed by atoms with Crippen LogP contribution < -0.4 is 11.1 Å². The van der Waals surface area contributed by atoms with Crippen molar-refractivity contribution in [2.75, 3.05) is 11.9 Å². The Labute approximate surface area is 127 Å². The van der Waals surface area contributed by atoms with E-state index in [1.165, 1.54) is 0 Å². The lowest BCUT2D eigenvalue weighted by Crippen LogP contribution is -2.15. The molecule has 2 aromatic rings. The van der Waals surface area contributed by atoms with Crippen LogP contribution in [0.2, 0.25) is 5.02 Å². The summed E-state index contributed by atoms with van der Waals surface area (Å²) in [6, 6.07) is 13.8. The molecule has 0 fully saturated rings. The molecular weight excluding hydrogens is 288 g/mol. The number of rotatable bonds is 5. The average molecular weight is 303 g/mol. The number of nitrogens with two attached hydrogens (primary N) is 1. The molecule has 0 aliphatic rings. The third kappa shape index (κ3) is 4.41. The molecule has 2 rings (SSSR count). The fourth-order valence-electron chi connectivity index (χ4n) is 1.85. The summed E-state index contributed by atoms with van der Waals surface area (Å²) in [6.07, 6.45) is 0.265. The van der Waals surface area contributed by atoms with Crippen molar-refractivity contribution in [1.29, 1.82) is 0 Å². The molecule has 2 aromatic carbocycles. The molecule has 0 heterocycles.